The van der Waals surface area contributed by atoms with Gasteiger partial charge in [0.05, 0.1) is 12.2 Å². The number of aliphatic hydroxyl groups excluding tert-OH is 1. The van der Waals surface area contributed by atoms with Crippen LogP contribution in [0.5, 0.6) is 0 Å². The molecule has 0 saturated heterocycles. The highest BCUT2D eigenvalue weighted by Gasteiger charge is 2.28. The SMILES string of the molecule is CN(C)c1nc(-c2ccncc2)nc2c1CCN(C(=O)c1ccc(CO)o1)C2. The Kier molecular flexibility index (Phi) is 4.79. The Bertz CT molecular complexity index is 1000. The molecule has 0 fully saturated rings. The highest BCUT2D eigenvalue weighted by Crippen LogP contribution is 2.29. The zero-order valence-electron chi connectivity index (χ0n) is 15.8. The fourth-order valence-electron chi connectivity index (χ4n) is 3.32. The van der Waals surface area contributed by atoms with E-state index in [9.17, 15) is 4.79 Å². The summed E-state index contributed by atoms with van der Waals surface area (Å²) in [5.41, 5.74) is 2.77. The van der Waals surface area contributed by atoms with Gasteiger partial charge >= 0.3 is 0 Å². The maximum Gasteiger partial charge on any atom is 0.289 e. The second-order valence-corrected chi connectivity index (χ2v) is 6.83. The third-order valence-electron chi connectivity index (χ3n) is 4.72. The molecule has 8 heteroatoms. The molecule has 0 aliphatic carbocycles. The van der Waals surface area contributed by atoms with E-state index in [4.69, 9.17) is 19.5 Å². The molecule has 1 N–H and O–H groups in total. The van der Waals surface area contributed by atoms with Gasteiger partial charge in [-0.3, -0.25) is 9.78 Å². The first kappa shape index (κ1) is 18.1. The average molecular weight is 379 g/mol. The summed E-state index contributed by atoms with van der Waals surface area (Å²) in [5.74, 6) is 1.87. The van der Waals surface area contributed by atoms with Crippen LogP contribution < -0.4 is 4.90 Å². The van der Waals surface area contributed by atoms with Gasteiger partial charge in [-0.1, -0.05) is 0 Å². The predicted molar refractivity (Wildman–Crippen MR) is 103 cm³/mol. The number of pyridine rings is 1. The first-order chi connectivity index (χ1) is 13.6. The van der Waals surface area contributed by atoms with E-state index in [1.54, 1.807) is 29.4 Å². The average Bonchev–Trinajstić information content (AvgIpc) is 3.21. The molecule has 28 heavy (non-hydrogen) atoms. The fraction of sp³-hybridized carbons (Fsp3) is 0.300. The van der Waals surface area contributed by atoms with E-state index in [0.717, 1.165) is 22.6 Å². The summed E-state index contributed by atoms with van der Waals surface area (Å²) in [6.07, 6.45) is 4.08. The number of nitrogens with zero attached hydrogens (tertiary/aromatic N) is 5. The summed E-state index contributed by atoms with van der Waals surface area (Å²) in [6.45, 7) is 0.704. The van der Waals surface area contributed by atoms with Crippen LogP contribution in [-0.2, 0) is 19.6 Å². The summed E-state index contributed by atoms with van der Waals surface area (Å²) in [6, 6.07) is 6.94. The maximum atomic E-state index is 12.8. The van der Waals surface area contributed by atoms with Crippen LogP contribution in [0.3, 0.4) is 0 Å². The normalized spacial score (nSPS) is 13.3. The molecular weight excluding hydrogens is 358 g/mol. The summed E-state index contributed by atoms with van der Waals surface area (Å²) in [7, 11) is 3.91. The van der Waals surface area contributed by atoms with Crippen LogP contribution in [-0.4, -0.2) is 51.5 Å². The van der Waals surface area contributed by atoms with E-state index in [1.165, 1.54) is 0 Å². The summed E-state index contributed by atoms with van der Waals surface area (Å²) >= 11 is 0. The van der Waals surface area contributed by atoms with Gasteiger partial charge in [0.15, 0.2) is 11.6 Å². The van der Waals surface area contributed by atoms with Gasteiger partial charge in [-0.05, 0) is 30.7 Å². The number of fused-ring (bicyclic) bond motifs is 1. The standard InChI is InChI=1S/C20H21N5O3/c1-24(2)19-15-7-10-25(20(27)17-4-3-14(12-26)28-17)11-16(15)22-18(23-19)13-5-8-21-9-6-13/h3-6,8-9,26H,7,10-12H2,1-2H3. The predicted octanol–water partition coefficient (Wildman–Crippen LogP) is 1.89. The molecule has 0 spiro atoms. The van der Waals surface area contributed by atoms with Gasteiger partial charge in [-0.25, -0.2) is 9.97 Å². The van der Waals surface area contributed by atoms with Crippen molar-refractivity contribution in [2.45, 2.75) is 19.6 Å². The largest absolute Gasteiger partial charge is 0.453 e. The third kappa shape index (κ3) is 3.34. The quantitative estimate of drug-likeness (QED) is 0.739. The number of rotatable bonds is 4. The van der Waals surface area contributed by atoms with Gasteiger partial charge in [-0.15, -0.1) is 0 Å². The lowest BCUT2D eigenvalue weighted by atomic mass is 10.0. The van der Waals surface area contributed by atoms with E-state index in [0.29, 0.717) is 31.1 Å². The fourth-order valence-corrected chi connectivity index (χ4v) is 3.32. The number of aliphatic hydroxyl groups is 1. The summed E-state index contributed by atoms with van der Waals surface area (Å²) in [5, 5.41) is 9.15. The molecule has 1 amide bonds. The first-order valence-corrected chi connectivity index (χ1v) is 9.03. The van der Waals surface area contributed by atoms with Gasteiger partial charge in [0, 0.05) is 44.2 Å². The monoisotopic (exact) mass is 379 g/mol. The minimum Gasteiger partial charge on any atom is -0.453 e. The van der Waals surface area contributed by atoms with Crippen LogP contribution in [0.25, 0.3) is 11.4 Å². The number of furan rings is 1. The lowest BCUT2D eigenvalue weighted by Crippen LogP contribution is -2.37. The van der Waals surface area contributed by atoms with E-state index in [-0.39, 0.29) is 18.3 Å². The molecule has 144 valence electrons. The van der Waals surface area contributed by atoms with Crippen LogP contribution in [0, 0.1) is 0 Å². The van der Waals surface area contributed by atoms with Crippen molar-refractivity contribution >= 4 is 11.7 Å². The van der Waals surface area contributed by atoms with Crippen molar-refractivity contribution in [3.05, 3.63) is 59.4 Å². The van der Waals surface area contributed by atoms with Crippen molar-refractivity contribution in [3.8, 4) is 11.4 Å². The van der Waals surface area contributed by atoms with E-state index >= 15 is 0 Å². The second-order valence-electron chi connectivity index (χ2n) is 6.83. The van der Waals surface area contributed by atoms with E-state index < -0.39 is 0 Å². The Morgan fingerprint density at radius 2 is 2.00 bits per heavy atom. The van der Waals surface area contributed by atoms with Crippen LogP contribution in [0.1, 0.15) is 27.6 Å². The molecule has 0 bridgehead atoms. The number of hydrogen-bond acceptors (Lipinski definition) is 7. The third-order valence-corrected chi connectivity index (χ3v) is 4.72. The van der Waals surface area contributed by atoms with Crippen LogP contribution in [0.4, 0.5) is 5.82 Å². The van der Waals surface area contributed by atoms with Crippen LogP contribution in [0.15, 0.2) is 41.1 Å². The van der Waals surface area contributed by atoms with Gasteiger partial charge in [-0.2, -0.15) is 0 Å². The summed E-state index contributed by atoms with van der Waals surface area (Å²) < 4.78 is 5.40. The van der Waals surface area contributed by atoms with Crippen molar-refractivity contribution in [2.24, 2.45) is 0 Å². The molecule has 1 aliphatic heterocycles. The lowest BCUT2D eigenvalue weighted by Gasteiger charge is -2.30. The lowest BCUT2D eigenvalue weighted by molar-refractivity contribution is 0.0695. The zero-order chi connectivity index (χ0) is 19.7. The minimum absolute atomic E-state index is 0.208. The Morgan fingerprint density at radius 3 is 2.68 bits per heavy atom. The van der Waals surface area contributed by atoms with Crippen molar-refractivity contribution in [1.29, 1.82) is 0 Å². The Labute approximate surface area is 162 Å². The van der Waals surface area contributed by atoms with E-state index in [2.05, 4.69) is 4.98 Å². The number of amides is 1. The minimum atomic E-state index is -0.231. The van der Waals surface area contributed by atoms with Gasteiger partial charge in [0.2, 0.25) is 0 Å². The molecular formula is C20H21N5O3. The van der Waals surface area contributed by atoms with Crippen molar-refractivity contribution in [2.75, 3.05) is 25.5 Å². The van der Waals surface area contributed by atoms with Crippen molar-refractivity contribution < 1.29 is 14.3 Å². The number of carbonyl (C=O) groups is 1. The molecule has 0 radical (unpaired) electrons. The van der Waals surface area contributed by atoms with E-state index in [1.807, 2.05) is 31.1 Å². The van der Waals surface area contributed by atoms with Crippen molar-refractivity contribution in [1.82, 2.24) is 19.9 Å². The Hall–Kier alpha value is -3.26. The number of hydrogen-bond donors (Lipinski definition) is 1. The summed E-state index contributed by atoms with van der Waals surface area (Å²) in [4.78, 5) is 30.0. The topological polar surface area (TPSA) is 95.6 Å². The second kappa shape index (κ2) is 7.40. The van der Waals surface area contributed by atoms with Crippen LogP contribution >= 0.6 is 0 Å². The molecule has 3 aromatic heterocycles. The highest BCUT2D eigenvalue weighted by atomic mass is 16.4. The van der Waals surface area contributed by atoms with Gasteiger partial charge < -0.3 is 19.3 Å². The van der Waals surface area contributed by atoms with Crippen LogP contribution in [0.2, 0.25) is 0 Å². The molecule has 0 atom stereocenters. The smallest absolute Gasteiger partial charge is 0.289 e. The highest BCUT2D eigenvalue weighted by molar-refractivity contribution is 5.91. The first-order valence-electron chi connectivity index (χ1n) is 9.03. The molecule has 4 heterocycles. The molecule has 1 aliphatic rings. The molecule has 0 unspecified atom stereocenters. The number of anilines is 1. The molecule has 4 rings (SSSR count). The zero-order valence-corrected chi connectivity index (χ0v) is 15.8. The molecule has 8 nitrogen and oxygen atoms in total. The maximum absolute atomic E-state index is 12.8. The molecule has 0 aromatic carbocycles. The Balaban J connectivity index is 1.68. The number of carbonyl (C=O) groups excluding carboxylic acids is 1. The molecule has 0 saturated carbocycles. The number of aromatic nitrogens is 3. The van der Waals surface area contributed by atoms with Gasteiger partial charge in [0.25, 0.3) is 5.91 Å². The van der Waals surface area contributed by atoms with Gasteiger partial charge in [0.1, 0.15) is 18.2 Å². The van der Waals surface area contributed by atoms with Crippen molar-refractivity contribution in [3.63, 3.8) is 0 Å². The molecule has 3 aromatic rings. The Morgan fingerprint density at radius 1 is 1.21 bits per heavy atom.